The van der Waals surface area contributed by atoms with Crippen LogP contribution in [0, 0.1) is 0 Å². The molecule has 0 aliphatic rings. The molecule has 0 fully saturated rings. The van der Waals surface area contributed by atoms with Crippen LogP contribution in [-0.2, 0) is 0 Å². The van der Waals surface area contributed by atoms with Crippen LogP contribution < -0.4 is 0 Å². The highest BCUT2D eigenvalue weighted by Crippen LogP contribution is 2.20. The first-order chi connectivity index (χ1) is 7.84. The molecular weight excluding hydrogens is 268 g/mol. The number of benzene rings is 1. The van der Waals surface area contributed by atoms with Gasteiger partial charge in [0.2, 0.25) is 0 Å². The molecule has 5 heteroatoms. The highest BCUT2D eigenvalue weighted by molar-refractivity contribution is 9.10. The molecule has 2 aromatic heterocycles. The summed E-state index contributed by atoms with van der Waals surface area (Å²) in [5.41, 5.74) is 2.07. The zero-order valence-electron chi connectivity index (χ0n) is 8.21. The fourth-order valence-electron chi connectivity index (χ4n) is 1.58. The number of hydrogen-bond acceptors (Lipinski definition) is 3. The molecule has 3 rings (SSSR count). The molecule has 1 aromatic carbocycles. The summed E-state index contributed by atoms with van der Waals surface area (Å²) in [5.74, 6) is 0.611. The van der Waals surface area contributed by atoms with Gasteiger partial charge in [-0.3, -0.25) is 0 Å². The Balaban J connectivity index is 2.25. The summed E-state index contributed by atoms with van der Waals surface area (Å²) in [6, 6.07) is 9.98. The SMILES string of the molecule is Brc1ccc(-c2ccnc3ncnn23)cc1. The third kappa shape index (κ3) is 1.49. The van der Waals surface area contributed by atoms with Gasteiger partial charge in [0, 0.05) is 16.2 Å². The van der Waals surface area contributed by atoms with Crippen molar-refractivity contribution in [3.8, 4) is 11.3 Å². The van der Waals surface area contributed by atoms with Gasteiger partial charge in [0.15, 0.2) is 0 Å². The van der Waals surface area contributed by atoms with Crippen molar-refractivity contribution in [2.75, 3.05) is 0 Å². The van der Waals surface area contributed by atoms with E-state index in [9.17, 15) is 0 Å². The van der Waals surface area contributed by atoms with Crippen LogP contribution in [0.1, 0.15) is 0 Å². The highest BCUT2D eigenvalue weighted by atomic mass is 79.9. The van der Waals surface area contributed by atoms with Gasteiger partial charge in [-0.15, -0.1) is 0 Å². The summed E-state index contributed by atoms with van der Waals surface area (Å²) < 4.78 is 2.78. The molecule has 4 nitrogen and oxygen atoms in total. The van der Waals surface area contributed by atoms with Crippen molar-refractivity contribution in [2.24, 2.45) is 0 Å². The lowest BCUT2D eigenvalue weighted by molar-refractivity contribution is 0.947. The quantitative estimate of drug-likeness (QED) is 0.685. The second-order valence-electron chi connectivity index (χ2n) is 3.31. The summed E-state index contributed by atoms with van der Waals surface area (Å²) in [6.45, 7) is 0. The Morgan fingerprint density at radius 1 is 1.00 bits per heavy atom. The molecule has 0 bridgehead atoms. The Hall–Kier alpha value is -1.75. The minimum absolute atomic E-state index is 0.611. The summed E-state index contributed by atoms with van der Waals surface area (Å²) in [7, 11) is 0. The van der Waals surface area contributed by atoms with Gasteiger partial charge < -0.3 is 0 Å². The molecule has 0 aliphatic heterocycles. The number of hydrogen-bond donors (Lipinski definition) is 0. The maximum Gasteiger partial charge on any atom is 0.252 e. The molecular formula is C11H7BrN4. The van der Waals surface area contributed by atoms with E-state index in [1.807, 2.05) is 30.3 Å². The van der Waals surface area contributed by atoms with Gasteiger partial charge in [-0.05, 0) is 18.2 Å². The normalized spacial score (nSPS) is 10.8. The lowest BCUT2D eigenvalue weighted by atomic mass is 10.1. The van der Waals surface area contributed by atoms with Gasteiger partial charge in [0.1, 0.15) is 6.33 Å². The Labute approximate surface area is 100 Å². The van der Waals surface area contributed by atoms with Gasteiger partial charge in [-0.25, -0.2) is 4.98 Å². The van der Waals surface area contributed by atoms with Gasteiger partial charge in [-0.1, -0.05) is 28.1 Å². The molecule has 2 heterocycles. The molecule has 0 aliphatic carbocycles. The Morgan fingerprint density at radius 2 is 1.81 bits per heavy atom. The highest BCUT2D eigenvalue weighted by Gasteiger charge is 2.04. The third-order valence-electron chi connectivity index (χ3n) is 2.32. The van der Waals surface area contributed by atoms with Gasteiger partial charge in [0.25, 0.3) is 5.78 Å². The predicted molar refractivity (Wildman–Crippen MR) is 63.9 cm³/mol. The van der Waals surface area contributed by atoms with Gasteiger partial charge in [0.05, 0.1) is 5.69 Å². The lowest BCUT2D eigenvalue weighted by Gasteiger charge is -2.03. The largest absolute Gasteiger partial charge is 0.252 e. The van der Waals surface area contributed by atoms with E-state index in [0.717, 1.165) is 15.7 Å². The van der Waals surface area contributed by atoms with E-state index in [0.29, 0.717) is 5.78 Å². The molecule has 0 spiro atoms. The second-order valence-corrected chi connectivity index (χ2v) is 4.22. The smallest absolute Gasteiger partial charge is 0.220 e. The molecule has 0 unspecified atom stereocenters. The van der Waals surface area contributed by atoms with E-state index in [4.69, 9.17) is 0 Å². The number of fused-ring (bicyclic) bond motifs is 1. The van der Waals surface area contributed by atoms with Crippen molar-refractivity contribution in [2.45, 2.75) is 0 Å². The Bertz CT molecular complexity index is 630. The van der Waals surface area contributed by atoms with Crippen LogP contribution in [0.15, 0.2) is 47.3 Å². The first-order valence-corrected chi connectivity index (χ1v) is 5.54. The van der Waals surface area contributed by atoms with E-state index < -0.39 is 0 Å². The van der Waals surface area contributed by atoms with Crippen LogP contribution in [0.4, 0.5) is 0 Å². The molecule has 78 valence electrons. The summed E-state index contributed by atoms with van der Waals surface area (Å²) in [4.78, 5) is 8.18. The second kappa shape index (κ2) is 3.68. The molecule has 0 N–H and O–H groups in total. The van der Waals surface area contributed by atoms with Crippen LogP contribution in [0.5, 0.6) is 0 Å². The van der Waals surface area contributed by atoms with Crippen molar-refractivity contribution in [3.63, 3.8) is 0 Å². The molecule has 0 amide bonds. The summed E-state index contributed by atoms with van der Waals surface area (Å²) >= 11 is 3.41. The monoisotopic (exact) mass is 274 g/mol. The van der Waals surface area contributed by atoms with Crippen LogP contribution in [0.3, 0.4) is 0 Å². The van der Waals surface area contributed by atoms with Crippen LogP contribution in [0.25, 0.3) is 17.0 Å². The Kier molecular flexibility index (Phi) is 2.18. The molecule has 16 heavy (non-hydrogen) atoms. The molecule has 3 aromatic rings. The average Bonchev–Trinajstić information content (AvgIpc) is 2.78. The maximum atomic E-state index is 4.15. The standard InChI is InChI=1S/C11H7BrN4/c12-9-3-1-8(2-4-9)10-5-6-13-11-14-7-15-16(10)11/h1-7H. The summed E-state index contributed by atoms with van der Waals surface area (Å²) in [6.07, 6.45) is 3.24. The van der Waals surface area contributed by atoms with Gasteiger partial charge >= 0.3 is 0 Å². The number of nitrogens with zero attached hydrogens (tertiary/aromatic N) is 4. The molecule has 0 saturated carbocycles. The van der Waals surface area contributed by atoms with Crippen molar-refractivity contribution >= 4 is 21.7 Å². The molecule has 0 saturated heterocycles. The van der Waals surface area contributed by atoms with Crippen LogP contribution in [0.2, 0.25) is 0 Å². The van der Waals surface area contributed by atoms with Crippen molar-refractivity contribution < 1.29 is 0 Å². The number of rotatable bonds is 1. The van der Waals surface area contributed by atoms with Gasteiger partial charge in [-0.2, -0.15) is 14.6 Å². The van der Waals surface area contributed by atoms with Crippen LogP contribution >= 0.6 is 15.9 Å². The first kappa shape index (κ1) is 9.47. The zero-order chi connectivity index (χ0) is 11.0. The molecule has 0 atom stereocenters. The fraction of sp³-hybridized carbons (Fsp3) is 0. The van der Waals surface area contributed by atoms with Crippen LogP contribution in [-0.4, -0.2) is 19.6 Å². The molecule has 0 radical (unpaired) electrons. The van der Waals surface area contributed by atoms with E-state index in [2.05, 4.69) is 31.0 Å². The number of halogens is 1. The van der Waals surface area contributed by atoms with E-state index >= 15 is 0 Å². The number of aromatic nitrogens is 4. The van der Waals surface area contributed by atoms with E-state index in [1.54, 1.807) is 10.7 Å². The first-order valence-electron chi connectivity index (χ1n) is 4.75. The van der Waals surface area contributed by atoms with Crippen molar-refractivity contribution in [3.05, 3.63) is 47.3 Å². The van der Waals surface area contributed by atoms with E-state index in [1.165, 1.54) is 6.33 Å². The Morgan fingerprint density at radius 3 is 2.62 bits per heavy atom. The van der Waals surface area contributed by atoms with E-state index in [-0.39, 0.29) is 0 Å². The topological polar surface area (TPSA) is 43.1 Å². The minimum Gasteiger partial charge on any atom is -0.220 e. The minimum atomic E-state index is 0.611. The lowest BCUT2D eigenvalue weighted by Crippen LogP contribution is -1.95. The zero-order valence-corrected chi connectivity index (χ0v) is 9.79. The van der Waals surface area contributed by atoms with Crippen molar-refractivity contribution in [1.29, 1.82) is 0 Å². The fourth-order valence-corrected chi connectivity index (χ4v) is 1.84. The summed E-state index contributed by atoms with van der Waals surface area (Å²) in [5, 5.41) is 4.15. The maximum absolute atomic E-state index is 4.15. The predicted octanol–water partition coefficient (Wildman–Crippen LogP) is 2.55. The van der Waals surface area contributed by atoms with Crippen molar-refractivity contribution in [1.82, 2.24) is 19.6 Å². The average molecular weight is 275 g/mol. The third-order valence-corrected chi connectivity index (χ3v) is 2.85.